The van der Waals surface area contributed by atoms with E-state index >= 15 is 0 Å². The predicted octanol–water partition coefficient (Wildman–Crippen LogP) is 7.15. The molecule has 2 aromatic carbocycles. The summed E-state index contributed by atoms with van der Waals surface area (Å²) < 4.78 is 27.2. The van der Waals surface area contributed by atoms with Gasteiger partial charge in [-0.1, -0.05) is 44.9 Å². The maximum atomic E-state index is 5.80. The number of nitrogens with one attached hydrogen (secondary N) is 2. The number of aromatic nitrogens is 4. The van der Waals surface area contributed by atoms with Crippen LogP contribution in [0.4, 0.5) is 11.4 Å². The molecular formula is C32H32N6O5. The molecule has 0 saturated carbocycles. The Morgan fingerprint density at radius 1 is 0.558 bits per heavy atom. The fourth-order valence-electron chi connectivity index (χ4n) is 4.69. The molecule has 0 atom stereocenters. The molecule has 220 valence electrons. The summed E-state index contributed by atoms with van der Waals surface area (Å²) in [5, 5.41) is 23.2. The van der Waals surface area contributed by atoms with E-state index in [1.807, 2.05) is 88.4 Å². The van der Waals surface area contributed by atoms with Crippen molar-refractivity contribution in [2.45, 2.75) is 54.0 Å². The number of hydrogen-bond donors (Lipinski definition) is 2. The lowest BCUT2D eigenvalue weighted by Gasteiger charge is -2.06. The summed E-state index contributed by atoms with van der Waals surface area (Å²) in [6.45, 7) is 9.51. The zero-order valence-corrected chi connectivity index (χ0v) is 24.4. The summed E-state index contributed by atoms with van der Waals surface area (Å²) in [6.07, 6.45) is 0. The highest BCUT2D eigenvalue weighted by Gasteiger charge is 2.12. The van der Waals surface area contributed by atoms with Crippen LogP contribution in [0.25, 0.3) is 22.5 Å². The highest BCUT2D eigenvalue weighted by atomic mass is 16.5. The van der Waals surface area contributed by atoms with E-state index in [0.717, 1.165) is 67.9 Å². The van der Waals surface area contributed by atoms with Crippen LogP contribution < -0.4 is 10.6 Å². The minimum Gasteiger partial charge on any atom is -0.381 e. The second-order valence-electron chi connectivity index (χ2n) is 10.3. The molecule has 0 radical (unpaired) electrons. The Morgan fingerprint density at radius 2 is 0.977 bits per heavy atom. The molecule has 11 nitrogen and oxygen atoms in total. The van der Waals surface area contributed by atoms with Crippen molar-refractivity contribution in [2.24, 2.45) is 0 Å². The lowest BCUT2D eigenvalue weighted by Crippen LogP contribution is -2.01. The maximum absolute atomic E-state index is 5.80. The third kappa shape index (κ3) is 6.52. The molecule has 0 amide bonds. The lowest BCUT2D eigenvalue weighted by atomic mass is 10.1. The van der Waals surface area contributed by atoms with Gasteiger partial charge in [-0.3, -0.25) is 0 Å². The quantitative estimate of drug-likeness (QED) is 0.153. The molecule has 0 fully saturated rings. The van der Waals surface area contributed by atoms with E-state index in [4.69, 9.17) is 22.8 Å². The van der Waals surface area contributed by atoms with E-state index < -0.39 is 0 Å². The van der Waals surface area contributed by atoms with Gasteiger partial charge in [-0.05, 0) is 52.0 Å². The summed E-state index contributed by atoms with van der Waals surface area (Å²) in [4.78, 5) is 0. The lowest BCUT2D eigenvalue weighted by molar-refractivity contribution is 0.0727. The molecule has 0 bridgehead atoms. The Bertz CT molecular complexity index is 1630. The van der Waals surface area contributed by atoms with Gasteiger partial charge in [-0.25, -0.2) is 0 Å². The van der Waals surface area contributed by atoms with E-state index in [1.165, 1.54) is 0 Å². The summed E-state index contributed by atoms with van der Waals surface area (Å²) in [7, 11) is 0. The van der Waals surface area contributed by atoms with Gasteiger partial charge in [0.25, 0.3) is 0 Å². The van der Waals surface area contributed by atoms with Gasteiger partial charge in [0, 0.05) is 58.9 Å². The Balaban J connectivity index is 0.971. The van der Waals surface area contributed by atoms with Crippen LogP contribution in [0.1, 0.15) is 45.6 Å². The van der Waals surface area contributed by atoms with Crippen molar-refractivity contribution in [3.63, 3.8) is 0 Å². The standard InChI is InChI=1S/C32H32N6O5/c1-19-29(21(3)40-35-19)15-33-25-9-5-23(6-10-25)31-13-27(42-37-31)17-39-18-28-14-32(38-43-28)24-7-11-26(12-8-24)34-16-30-20(2)36-41-22(30)4/h5-14,33-34H,15-18H2,1-4H3. The van der Waals surface area contributed by atoms with Crippen molar-refractivity contribution in [2.75, 3.05) is 10.6 Å². The first kappa shape index (κ1) is 28.0. The number of benzene rings is 2. The van der Waals surface area contributed by atoms with Crippen molar-refractivity contribution in [1.29, 1.82) is 0 Å². The molecule has 4 aromatic heterocycles. The molecule has 2 N–H and O–H groups in total. The highest BCUT2D eigenvalue weighted by Crippen LogP contribution is 2.25. The zero-order chi connectivity index (χ0) is 29.8. The first-order valence-corrected chi connectivity index (χ1v) is 13.9. The first-order chi connectivity index (χ1) is 20.9. The van der Waals surface area contributed by atoms with Gasteiger partial charge in [0.1, 0.15) is 36.1 Å². The van der Waals surface area contributed by atoms with Crippen LogP contribution in [0.2, 0.25) is 0 Å². The molecule has 43 heavy (non-hydrogen) atoms. The number of anilines is 2. The third-order valence-electron chi connectivity index (χ3n) is 7.27. The van der Waals surface area contributed by atoms with Crippen LogP contribution in [-0.2, 0) is 31.0 Å². The van der Waals surface area contributed by atoms with E-state index in [9.17, 15) is 0 Å². The van der Waals surface area contributed by atoms with Gasteiger partial charge in [-0.15, -0.1) is 0 Å². The van der Waals surface area contributed by atoms with Gasteiger partial charge in [0.2, 0.25) is 0 Å². The molecule has 0 unspecified atom stereocenters. The molecule has 11 heteroatoms. The summed E-state index contributed by atoms with van der Waals surface area (Å²) in [5.74, 6) is 2.89. The second-order valence-corrected chi connectivity index (χ2v) is 10.3. The molecule has 4 heterocycles. The molecule has 0 spiro atoms. The summed E-state index contributed by atoms with van der Waals surface area (Å²) >= 11 is 0. The van der Waals surface area contributed by atoms with Crippen LogP contribution in [0.5, 0.6) is 0 Å². The normalized spacial score (nSPS) is 11.3. The molecular weight excluding hydrogens is 548 g/mol. The Kier molecular flexibility index (Phi) is 8.05. The van der Waals surface area contributed by atoms with E-state index in [-0.39, 0.29) is 13.2 Å². The number of ether oxygens (including phenoxy) is 1. The van der Waals surface area contributed by atoms with Gasteiger partial charge >= 0.3 is 0 Å². The van der Waals surface area contributed by atoms with Crippen molar-refractivity contribution in [1.82, 2.24) is 20.6 Å². The fourth-order valence-corrected chi connectivity index (χ4v) is 4.69. The van der Waals surface area contributed by atoms with E-state index in [1.54, 1.807) is 0 Å². The number of rotatable bonds is 12. The number of aryl methyl sites for hydroxylation is 4. The molecule has 6 aromatic rings. The maximum Gasteiger partial charge on any atom is 0.163 e. The molecule has 6 rings (SSSR count). The van der Waals surface area contributed by atoms with Crippen LogP contribution in [0.3, 0.4) is 0 Å². The Labute approximate surface area is 248 Å². The van der Waals surface area contributed by atoms with Gasteiger partial charge in [-0.2, -0.15) is 0 Å². The number of hydrogen-bond acceptors (Lipinski definition) is 11. The summed E-state index contributed by atoms with van der Waals surface area (Å²) in [6, 6.07) is 19.7. The minimum absolute atomic E-state index is 0.256. The topological polar surface area (TPSA) is 137 Å². The largest absolute Gasteiger partial charge is 0.381 e. The van der Waals surface area contributed by atoms with Crippen LogP contribution >= 0.6 is 0 Å². The van der Waals surface area contributed by atoms with Crippen LogP contribution in [0, 0.1) is 27.7 Å². The van der Waals surface area contributed by atoms with Gasteiger partial charge < -0.3 is 33.5 Å². The number of nitrogens with zero attached hydrogens (tertiary/aromatic N) is 4. The van der Waals surface area contributed by atoms with Crippen molar-refractivity contribution < 1.29 is 22.8 Å². The predicted molar refractivity (Wildman–Crippen MR) is 159 cm³/mol. The van der Waals surface area contributed by atoms with Gasteiger partial charge in [0.05, 0.1) is 11.4 Å². The minimum atomic E-state index is 0.256. The molecule has 0 saturated heterocycles. The third-order valence-corrected chi connectivity index (χ3v) is 7.27. The average Bonchev–Trinajstić information content (AvgIpc) is 3.82. The van der Waals surface area contributed by atoms with Crippen molar-refractivity contribution >= 4 is 11.4 Å². The highest BCUT2D eigenvalue weighted by molar-refractivity contribution is 5.63. The molecule has 0 aliphatic heterocycles. The monoisotopic (exact) mass is 580 g/mol. The summed E-state index contributed by atoms with van der Waals surface area (Å²) in [5.41, 5.74) is 9.28. The molecule has 0 aliphatic rings. The van der Waals surface area contributed by atoms with Crippen molar-refractivity contribution in [3.05, 3.63) is 106 Å². The average molecular weight is 581 g/mol. The first-order valence-electron chi connectivity index (χ1n) is 13.9. The fraction of sp³-hybridized carbons (Fsp3) is 0.250. The Morgan fingerprint density at radius 3 is 1.35 bits per heavy atom. The van der Waals surface area contributed by atoms with Crippen LogP contribution in [-0.4, -0.2) is 20.6 Å². The van der Waals surface area contributed by atoms with Gasteiger partial charge in [0.15, 0.2) is 11.5 Å². The SMILES string of the molecule is Cc1noc(C)c1CNc1ccc(-c2cc(COCc3cc(-c4ccc(NCc5c(C)noc5C)cc4)no3)on2)cc1. The zero-order valence-electron chi connectivity index (χ0n) is 24.4. The second kappa shape index (κ2) is 12.4. The van der Waals surface area contributed by atoms with E-state index in [0.29, 0.717) is 24.6 Å². The van der Waals surface area contributed by atoms with Crippen LogP contribution in [0.15, 0.2) is 78.8 Å². The molecule has 0 aliphatic carbocycles. The van der Waals surface area contributed by atoms with E-state index in [2.05, 4.69) is 31.3 Å². The smallest absolute Gasteiger partial charge is 0.163 e. The Hall–Kier alpha value is -5.16. The van der Waals surface area contributed by atoms with Crippen molar-refractivity contribution in [3.8, 4) is 22.5 Å².